The molecule has 0 aliphatic carbocycles. The molecule has 0 bridgehead atoms. The van der Waals surface area contributed by atoms with E-state index in [0.717, 1.165) is 46.4 Å². The lowest BCUT2D eigenvalue weighted by Gasteiger charge is -2.34. The summed E-state index contributed by atoms with van der Waals surface area (Å²) in [6, 6.07) is 14.5. The van der Waals surface area contributed by atoms with Gasteiger partial charge in [0.05, 0.1) is 0 Å². The minimum absolute atomic E-state index is 0.389. The Hall–Kier alpha value is -2.92. The topological polar surface area (TPSA) is 29.5 Å². The predicted octanol–water partition coefficient (Wildman–Crippen LogP) is 5.61. The molecule has 3 aromatic carbocycles. The van der Waals surface area contributed by atoms with Crippen molar-refractivity contribution in [3.8, 4) is 23.3 Å². The summed E-state index contributed by atoms with van der Waals surface area (Å²) in [6.45, 7) is 7.98. The van der Waals surface area contributed by atoms with Gasteiger partial charge in [0.1, 0.15) is 11.5 Å². The Morgan fingerprint density at radius 2 is 1.70 bits per heavy atom. The lowest BCUT2D eigenvalue weighted by molar-refractivity contribution is 0.122. The van der Waals surface area contributed by atoms with Crippen LogP contribution in [0.2, 0.25) is 0 Å². The second kappa shape index (κ2) is 6.35. The fourth-order valence-corrected chi connectivity index (χ4v) is 3.87. The van der Waals surface area contributed by atoms with E-state index in [0.29, 0.717) is 5.75 Å². The number of fused-ring (bicyclic) bond motifs is 2. The third-order valence-corrected chi connectivity index (χ3v) is 5.77. The zero-order valence-electron chi connectivity index (χ0n) is 16.3. The van der Waals surface area contributed by atoms with Gasteiger partial charge < -0.3 is 9.84 Å². The predicted molar refractivity (Wildman–Crippen MR) is 110 cm³/mol. The first kappa shape index (κ1) is 17.5. The highest BCUT2D eigenvalue weighted by molar-refractivity contribution is 5.88. The number of rotatable bonds is 0. The van der Waals surface area contributed by atoms with E-state index in [4.69, 9.17) is 4.74 Å². The third kappa shape index (κ3) is 2.94. The second-order valence-electron chi connectivity index (χ2n) is 7.64. The first-order valence-electron chi connectivity index (χ1n) is 9.41. The second-order valence-corrected chi connectivity index (χ2v) is 7.64. The minimum atomic E-state index is -0.537. The fraction of sp³-hybridized carbons (Fsp3) is 0.280. The Morgan fingerprint density at radius 3 is 2.52 bits per heavy atom. The zero-order chi connectivity index (χ0) is 19.2. The van der Waals surface area contributed by atoms with Gasteiger partial charge in [0.15, 0.2) is 5.60 Å². The highest BCUT2D eigenvalue weighted by Crippen LogP contribution is 2.43. The quantitative estimate of drug-likeness (QED) is 0.531. The molecule has 0 amide bonds. The van der Waals surface area contributed by atoms with Gasteiger partial charge in [-0.05, 0) is 67.6 Å². The van der Waals surface area contributed by atoms with Crippen molar-refractivity contribution < 1.29 is 9.84 Å². The van der Waals surface area contributed by atoms with Crippen LogP contribution in [0.5, 0.6) is 11.5 Å². The average Bonchev–Trinajstić information content (AvgIpc) is 2.69. The zero-order valence-corrected chi connectivity index (χ0v) is 16.3. The summed E-state index contributed by atoms with van der Waals surface area (Å²) >= 11 is 0. The molecule has 1 heterocycles. The Balaban J connectivity index is 1.74. The van der Waals surface area contributed by atoms with Gasteiger partial charge >= 0.3 is 0 Å². The van der Waals surface area contributed by atoms with E-state index < -0.39 is 5.60 Å². The molecule has 0 saturated heterocycles. The molecule has 1 unspecified atom stereocenters. The number of hydrogen-bond donors (Lipinski definition) is 1. The molecule has 0 saturated carbocycles. The van der Waals surface area contributed by atoms with E-state index in [2.05, 4.69) is 43.0 Å². The van der Waals surface area contributed by atoms with Gasteiger partial charge in [0.2, 0.25) is 0 Å². The Labute approximate surface area is 160 Å². The van der Waals surface area contributed by atoms with Gasteiger partial charge in [-0.15, -0.1) is 0 Å². The molecule has 136 valence electrons. The maximum Gasteiger partial charge on any atom is 0.167 e. The maximum atomic E-state index is 10.3. The van der Waals surface area contributed by atoms with Crippen molar-refractivity contribution in [3.05, 3.63) is 70.3 Å². The normalized spacial score (nSPS) is 18.4. The number of phenols is 1. The molecule has 1 atom stereocenters. The summed E-state index contributed by atoms with van der Waals surface area (Å²) in [5.74, 6) is 8.04. The number of benzene rings is 3. The highest BCUT2D eigenvalue weighted by atomic mass is 16.5. The number of hydrogen-bond acceptors (Lipinski definition) is 2. The number of aromatic hydroxyl groups is 1. The summed E-state index contributed by atoms with van der Waals surface area (Å²) in [5, 5.41) is 12.7. The summed E-state index contributed by atoms with van der Waals surface area (Å²) in [4.78, 5) is 0. The monoisotopic (exact) mass is 356 g/mol. The maximum absolute atomic E-state index is 10.3. The summed E-state index contributed by atoms with van der Waals surface area (Å²) in [7, 11) is 0. The molecule has 0 aromatic heterocycles. The summed E-state index contributed by atoms with van der Waals surface area (Å²) in [6.07, 6.45) is 1.66. The first-order chi connectivity index (χ1) is 12.9. The van der Waals surface area contributed by atoms with Crippen LogP contribution >= 0.6 is 0 Å². The standard InChI is InChI=1S/C25H24O2/c1-16-17(2)24-21(18(3)23(16)26)13-15-25(4,27-24)14-12-20-10-7-9-19-8-5-6-11-22(19)20/h5-11,26H,13,15H2,1-4H3. The summed E-state index contributed by atoms with van der Waals surface area (Å²) < 4.78 is 6.42. The molecule has 2 heteroatoms. The van der Waals surface area contributed by atoms with Gasteiger partial charge in [-0.1, -0.05) is 48.2 Å². The van der Waals surface area contributed by atoms with Crippen molar-refractivity contribution >= 4 is 10.8 Å². The van der Waals surface area contributed by atoms with Gasteiger partial charge in [-0.2, -0.15) is 0 Å². The van der Waals surface area contributed by atoms with Gasteiger partial charge in [-0.3, -0.25) is 0 Å². The van der Waals surface area contributed by atoms with E-state index in [9.17, 15) is 5.11 Å². The molecule has 3 aromatic rings. The number of ether oxygens (including phenoxy) is 1. The molecule has 27 heavy (non-hydrogen) atoms. The van der Waals surface area contributed by atoms with Crippen LogP contribution in [0.1, 0.15) is 41.2 Å². The van der Waals surface area contributed by atoms with E-state index in [-0.39, 0.29) is 0 Å². The van der Waals surface area contributed by atoms with Gasteiger partial charge in [0.25, 0.3) is 0 Å². The van der Waals surface area contributed by atoms with Crippen LogP contribution in [0.15, 0.2) is 42.5 Å². The Bertz CT molecular complexity index is 1110. The Morgan fingerprint density at radius 1 is 0.963 bits per heavy atom. The highest BCUT2D eigenvalue weighted by Gasteiger charge is 2.33. The molecule has 1 N–H and O–H groups in total. The van der Waals surface area contributed by atoms with Crippen LogP contribution in [0, 0.1) is 32.6 Å². The van der Waals surface area contributed by atoms with Crippen molar-refractivity contribution in [2.24, 2.45) is 0 Å². The van der Waals surface area contributed by atoms with E-state index >= 15 is 0 Å². The van der Waals surface area contributed by atoms with Crippen molar-refractivity contribution in [2.75, 3.05) is 0 Å². The van der Waals surface area contributed by atoms with Gasteiger partial charge in [-0.25, -0.2) is 0 Å². The third-order valence-electron chi connectivity index (χ3n) is 5.77. The minimum Gasteiger partial charge on any atom is -0.507 e. The van der Waals surface area contributed by atoms with Gasteiger partial charge in [0, 0.05) is 17.5 Å². The first-order valence-corrected chi connectivity index (χ1v) is 9.41. The van der Waals surface area contributed by atoms with Crippen LogP contribution < -0.4 is 4.74 Å². The van der Waals surface area contributed by atoms with Crippen LogP contribution in [-0.2, 0) is 6.42 Å². The fourth-order valence-electron chi connectivity index (χ4n) is 3.87. The molecule has 0 spiro atoms. The molecule has 4 rings (SSSR count). The summed E-state index contributed by atoms with van der Waals surface area (Å²) in [5.41, 5.74) is 4.42. The molecule has 0 radical (unpaired) electrons. The smallest absolute Gasteiger partial charge is 0.167 e. The Kier molecular flexibility index (Phi) is 4.12. The molecule has 1 aliphatic rings. The van der Waals surface area contributed by atoms with Crippen molar-refractivity contribution in [2.45, 2.75) is 46.1 Å². The van der Waals surface area contributed by atoms with Crippen LogP contribution in [0.4, 0.5) is 0 Å². The van der Waals surface area contributed by atoms with Crippen molar-refractivity contribution in [3.63, 3.8) is 0 Å². The van der Waals surface area contributed by atoms with E-state index in [1.165, 1.54) is 10.8 Å². The number of phenolic OH excluding ortho intramolecular Hbond substituents is 1. The SMILES string of the molecule is Cc1c(C)c2c(c(C)c1O)CCC(C)(C#Cc1cccc3ccccc13)O2. The molecule has 2 nitrogen and oxygen atoms in total. The van der Waals surface area contributed by atoms with E-state index in [1.54, 1.807) is 0 Å². The molecular formula is C25H24O2. The van der Waals surface area contributed by atoms with Crippen LogP contribution in [0.3, 0.4) is 0 Å². The van der Waals surface area contributed by atoms with Crippen molar-refractivity contribution in [1.29, 1.82) is 0 Å². The average molecular weight is 356 g/mol. The molecular weight excluding hydrogens is 332 g/mol. The van der Waals surface area contributed by atoms with E-state index in [1.807, 2.05) is 39.0 Å². The van der Waals surface area contributed by atoms with Crippen LogP contribution in [0.25, 0.3) is 10.8 Å². The lowest BCUT2D eigenvalue weighted by atomic mass is 9.87. The van der Waals surface area contributed by atoms with Crippen molar-refractivity contribution in [1.82, 2.24) is 0 Å². The molecule has 0 fully saturated rings. The molecule has 1 aliphatic heterocycles. The van der Waals surface area contributed by atoms with Crippen LogP contribution in [-0.4, -0.2) is 10.7 Å². The lowest BCUT2D eigenvalue weighted by Crippen LogP contribution is -2.35. The largest absolute Gasteiger partial charge is 0.507 e.